The predicted molar refractivity (Wildman–Crippen MR) is 49.8 cm³/mol. The fraction of sp³-hybridized carbons (Fsp3) is 0.167. The van der Waals surface area contributed by atoms with Crippen LogP contribution >= 0.6 is 23.4 Å². The summed E-state index contributed by atoms with van der Waals surface area (Å²) in [6, 6.07) is 0. The Morgan fingerprint density at radius 1 is 1.79 bits per heavy atom. The molecule has 1 aromatic rings. The van der Waals surface area contributed by atoms with E-state index in [0.717, 1.165) is 11.8 Å². The third kappa shape index (κ3) is 2.71. The molecule has 0 saturated carbocycles. The molecule has 76 valence electrons. The molecule has 5 nitrogen and oxygen atoms in total. The molecule has 3 N–H and O–H groups in total. The van der Waals surface area contributed by atoms with Crippen molar-refractivity contribution in [1.82, 2.24) is 9.97 Å². The highest BCUT2D eigenvalue weighted by atomic mass is 35.5. The highest BCUT2D eigenvalue weighted by Crippen LogP contribution is 2.28. The van der Waals surface area contributed by atoms with Gasteiger partial charge in [0.05, 0.1) is 5.75 Å². The first kappa shape index (κ1) is 9.47. The van der Waals surface area contributed by atoms with Gasteiger partial charge < -0.3 is 10.8 Å². The molecule has 0 aliphatic carbocycles. The van der Waals surface area contributed by atoms with Crippen LogP contribution in [0.1, 0.15) is 0 Å². The topological polar surface area (TPSA) is 89.1 Å². The van der Waals surface area contributed by atoms with Gasteiger partial charge in [-0.25, -0.2) is 0 Å². The normalized spacial score (nSPS) is 10.9. The minimum Gasteiger partial charge on any atom is -0.481 e. The Balaban J connectivity index is 2.95. The molecule has 0 aromatic carbocycles. The van der Waals surface area contributed by atoms with Gasteiger partial charge in [-0.3, -0.25) is 4.79 Å². The van der Waals surface area contributed by atoms with E-state index in [9.17, 15) is 9.18 Å². The standard InChI is InChI=1S/C6H5ClFN3O2S/c7-3-4(9)10-6(8)11-5(3)14-1-2(12)13/h1H2,(H,12,13)(H2,9,10,11)/i/hD. The first-order chi connectivity index (χ1) is 7.04. The Hall–Kier alpha value is -1.08. The summed E-state index contributed by atoms with van der Waals surface area (Å²) in [6.07, 6.45) is -1.07. The van der Waals surface area contributed by atoms with Crippen molar-refractivity contribution in [1.29, 1.82) is 0 Å². The van der Waals surface area contributed by atoms with Crippen molar-refractivity contribution in [3.63, 3.8) is 0 Å². The number of carbonyl (C=O) groups is 1. The number of nitrogens with zero attached hydrogens (tertiary/aromatic N) is 2. The van der Waals surface area contributed by atoms with E-state index in [1.54, 1.807) is 0 Å². The van der Waals surface area contributed by atoms with Crippen LogP contribution in [0, 0.1) is 6.08 Å². The summed E-state index contributed by atoms with van der Waals surface area (Å²) in [4.78, 5) is 16.8. The van der Waals surface area contributed by atoms with E-state index in [4.69, 9.17) is 18.1 Å². The second-order valence-corrected chi connectivity index (χ2v) is 3.48. The number of rotatable bonds is 4. The van der Waals surface area contributed by atoms with Gasteiger partial charge in [-0.1, -0.05) is 23.4 Å². The maximum Gasteiger partial charge on any atom is 0.313 e. The van der Waals surface area contributed by atoms with Crippen molar-refractivity contribution in [2.24, 2.45) is 0 Å². The molecule has 0 aliphatic rings. The van der Waals surface area contributed by atoms with E-state index in [-0.39, 0.29) is 21.6 Å². The van der Waals surface area contributed by atoms with Gasteiger partial charge in [0.2, 0.25) is 0 Å². The van der Waals surface area contributed by atoms with Crippen molar-refractivity contribution in [2.45, 2.75) is 5.03 Å². The third-order valence-electron chi connectivity index (χ3n) is 1.13. The summed E-state index contributed by atoms with van der Waals surface area (Å²) in [5.41, 5.74) is 1.83. The smallest absolute Gasteiger partial charge is 0.313 e. The minimum atomic E-state index is -1.07. The molecule has 1 rings (SSSR count). The summed E-state index contributed by atoms with van der Waals surface area (Å²) in [5.74, 6) is -1.57. The molecule has 0 fully saturated rings. The van der Waals surface area contributed by atoms with Crippen molar-refractivity contribution < 1.29 is 15.7 Å². The lowest BCUT2D eigenvalue weighted by Gasteiger charge is -2.02. The number of hydrogen-bond acceptors (Lipinski definition) is 5. The fourth-order valence-electron chi connectivity index (χ4n) is 0.626. The van der Waals surface area contributed by atoms with Crippen LogP contribution in [0.25, 0.3) is 0 Å². The molecule has 0 unspecified atom stereocenters. The van der Waals surface area contributed by atoms with Crippen LogP contribution < -0.4 is 5.73 Å². The zero-order valence-electron chi connectivity index (χ0n) is 7.62. The van der Waals surface area contributed by atoms with E-state index < -0.39 is 12.0 Å². The lowest BCUT2D eigenvalue weighted by molar-refractivity contribution is -0.133. The summed E-state index contributed by atoms with van der Waals surface area (Å²) < 4.78 is 19.5. The number of anilines is 1. The van der Waals surface area contributed by atoms with Gasteiger partial charge >= 0.3 is 12.0 Å². The number of hydrogen-bond donors (Lipinski definition) is 2. The molecule has 0 amide bonds. The van der Waals surface area contributed by atoms with Crippen molar-refractivity contribution >= 4 is 35.1 Å². The first-order valence-electron chi connectivity index (χ1n) is 3.80. The zero-order chi connectivity index (χ0) is 11.4. The lowest BCUT2D eigenvalue weighted by atomic mass is 10.6. The molecule has 0 spiro atoms. The number of aromatic nitrogens is 2. The maximum absolute atomic E-state index is 12.8. The Labute approximate surface area is 89.0 Å². The number of nitrogen functional groups attached to an aromatic ring is 1. The van der Waals surface area contributed by atoms with Crippen LogP contribution in [0.3, 0.4) is 0 Å². The highest BCUT2D eigenvalue weighted by Gasteiger charge is 2.12. The molecule has 0 bridgehead atoms. The average molecular weight is 239 g/mol. The number of thioether (sulfide) groups is 1. The van der Waals surface area contributed by atoms with Crippen LogP contribution in [0.4, 0.5) is 10.2 Å². The summed E-state index contributed by atoms with van der Waals surface area (Å²) >= 11 is 6.43. The SMILES string of the molecule is [2H]Nc1nc(F)nc(SCC(=O)O)c1Cl. The Bertz CT molecular complexity index is 395. The summed E-state index contributed by atoms with van der Waals surface area (Å²) in [5, 5.41) is 8.32. The fourth-order valence-corrected chi connectivity index (χ4v) is 1.50. The highest BCUT2D eigenvalue weighted by molar-refractivity contribution is 8.00. The van der Waals surface area contributed by atoms with Gasteiger partial charge in [0.15, 0.2) is 1.41 Å². The van der Waals surface area contributed by atoms with E-state index in [1.165, 1.54) is 0 Å². The average Bonchev–Trinajstić information content (AvgIpc) is 2.18. The van der Waals surface area contributed by atoms with Gasteiger partial charge in [-0.15, -0.1) is 0 Å². The second kappa shape index (κ2) is 4.43. The molecule has 0 atom stereocenters. The predicted octanol–water partition coefficient (Wildman–Crippen LogP) is 1.03. The van der Waals surface area contributed by atoms with Crippen molar-refractivity contribution in [2.75, 3.05) is 11.5 Å². The van der Waals surface area contributed by atoms with E-state index in [1.807, 2.05) is 5.73 Å². The van der Waals surface area contributed by atoms with Gasteiger partial charge in [0.1, 0.15) is 15.9 Å². The Kier molecular flexibility index (Phi) is 3.00. The molecule has 8 heteroatoms. The van der Waals surface area contributed by atoms with Crippen LogP contribution in [-0.2, 0) is 4.79 Å². The molecule has 1 heterocycles. The number of nitrogens with two attached hydrogens (primary N) is 1. The first-order valence-corrected chi connectivity index (χ1v) is 4.66. The molecule has 14 heavy (non-hydrogen) atoms. The Morgan fingerprint density at radius 2 is 2.50 bits per heavy atom. The number of carboxylic acids is 1. The number of carboxylic acid groups (broad SMARTS) is 1. The monoisotopic (exact) mass is 238 g/mol. The van der Waals surface area contributed by atoms with Crippen LogP contribution in [-0.4, -0.2) is 26.8 Å². The van der Waals surface area contributed by atoms with E-state index >= 15 is 0 Å². The Morgan fingerprint density at radius 3 is 3.07 bits per heavy atom. The van der Waals surface area contributed by atoms with Gasteiger partial charge in [0.25, 0.3) is 0 Å². The molecular weight excluding hydrogens is 233 g/mol. The quantitative estimate of drug-likeness (QED) is 0.463. The summed E-state index contributed by atoms with van der Waals surface area (Å²) in [7, 11) is 0. The molecule has 1 aromatic heterocycles. The molecule has 0 aliphatic heterocycles. The third-order valence-corrected chi connectivity index (χ3v) is 2.56. The lowest BCUT2D eigenvalue weighted by Crippen LogP contribution is -2.02. The van der Waals surface area contributed by atoms with Crippen LogP contribution in [0.15, 0.2) is 5.03 Å². The molecule has 0 radical (unpaired) electrons. The molecule has 0 saturated heterocycles. The van der Waals surface area contributed by atoms with Crippen molar-refractivity contribution in [3.8, 4) is 0 Å². The van der Waals surface area contributed by atoms with Gasteiger partial charge in [-0.2, -0.15) is 14.4 Å². The zero-order valence-corrected chi connectivity index (χ0v) is 8.19. The molecular formula is C6H5ClFN3O2S. The summed E-state index contributed by atoms with van der Waals surface area (Å²) in [6.45, 7) is 0. The van der Waals surface area contributed by atoms with E-state index in [0.29, 0.717) is 0 Å². The van der Waals surface area contributed by atoms with E-state index in [2.05, 4.69) is 9.97 Å². The largest absolute Gasteiger partial charge is 0.481 e. The minimum absolute atomic E-state index is 0.0127. The second-order valence-electron chi connectivity index (χ2n) is 2.14. The maximum atomic E-state index is 12.8. The van der Waals surface area contributed by atoms with Gasteiger partial charge in [-0.05, 0) is 0 Å². The van der Waals surface area contributed by atoms with Crippen molar-refractivity contribution in [3.05, 3.63) is 11.1 Å². The number of halogens is 2. The van der Waals surface area contributed by atoms with Crippen LogP contribution in [0.5, 0.6) is 0 Å². The van der Waals surface area contributed by atoms with Gasteiger partial charge in [0, 0.05) is 0 Å². The van der Waals surface area contributed by atoms with Crippen LogP contribution in [0.2, 0.25) is 6.43 Å². The number of aliphatic carboxylic acids is 1.